The summed E-state index contributed by atoms with van der Waals surface area (Å²) in [5.74, 6) is -0.403. The molecule has 3 aromatic carbocycles. The van der Waals surface area contributed by atoms with Gasteiger partial charge in [-0.25, -0.2) is 4.39 Å². The van der Waals surface area contributed by atoms with Crippen LogP contribution in [0.25, 0.3) is 22.0 Å². The summed E-state index contributed by atoms with van der Waals surface area (Å²) >= 11 is 0. The number of benzene rings is 3. The second kappa shape index (κ2) is 9.71. The molecule has 0 atom stereocenters. The van der Waals surface area contributed by atoms with E-state index in [0.29, 0.717) is 12.1 Å². The van der Waals surface area contributed by atoms with Crippen molar-refractivity contribution in [3.8, 4) is 11.1 Å². The van der Waals surface area contributed by atoms with Crippen LogP contribution in [0.1, 0.15) is 21.6 Å². The number of pyridine rings is 1. The molecule has 1 aromatic heterocycles. The summed E-state index contributed by atoms with van der Waals surface area (Å²) in [4.78, 5) is 19.9. The number of carbonyl (C=O) groups excluding carboxylic acids is 1. The molecule has 32 heavy (non-hydrogen) atoms. The molecule has 1 amide bonds. The summed E-state index contributed by atoms with van der Waals surface area (Å²) in [6.45, 7) is 3.99. The molecular weight excluding hydrogens is 401 g/mol. The Morgan fingerprint density at radius 3 is 2.50 bits per heavy atom. The topological polar surface area (TPSA) is 45.2 Å². The number of aryl methyl sites for hydroxylation is 1. The molecule has 0 aliphatic heterocycles. The molecule has 0 aliphatic rings. The van der Waals surface area contributed by atoms with Gasteiger partial charge in [0, 0.05) is 36.3 Å². The molecule has 1 heterocycles. The van der Waals surface area contributed by atoms with Crippen molar-refractivity contribution in [2.75, 3.05) is 20.1 Å². The van der Waals surface area contributed by atoms with Crippen molar-refractivity contribution < 1.29 is 9.18 Å². The standard InChI is InChI=1S/C27H26FN3O/c1-19-17-25(27(32)29-15-16-31(2)18-20-7-4-3-5-8-20)24-10-6-9-23(26(24)30-19)21-11-13-22(28)14-12-21/h3-14,17H,15-16,18H2,1-2H3,(H,29,32). The lowest BCUT2D eigenvalue weighted by atomic mass is 9.98. The quantitative estimate of drug-likeness (QED) is 0.440. The number of hydrogen-bond acceptors (Lipinski definition) is 3. The number of nitrogens with zero attached hydrogens (tertiary/aromatic N) is 2. The predicted molar refractivity (Wildman–Crippen MR) is 127 cm³/mol. The zero-order valence-electron chi connectivity index (χ0n) is 18.3. The summed E-state index contributed by atoms with van der Waals surface area (Å²) in [5, 5.41) is 3.83. The first-order valence-corrected chi connectivity index (χ1v) is 10.7. The monoisotopic (exact) mass is 427 g/mol. The van der Waals surface area contributed by atoms with E-state index in [1.807, 2.05) is 56.4 Å². The molecule has 1 N–H and O–H groups in total. The van der Waals surface area contributed by atoms with Gasteiger partial charge in [0.2, 0.25) is 0 Å². The summed E-state index contributed by atoms with van der Waals surface area (Å²) in [6, 6.07) is 24.2. The lowest BCUT2D eigenvalue weighted by Gasteiger charge is -2.17. The molecular formula is C27H26FN3O. The van der Waals surface area contributed by atoms with Gasteiger partial charge in [0.1, 0.15) is 5.82 Å². The van der Waals surface area contributed by atoms with Crippen molar-refractivity contribution in [2.24, 2.45) is 0 Å². The smallest absolute Gasteiger partial charge is 0.252 e. The lowest BCUT2D eigenvalue weighted by Crippen LogP contribution is -2.33. The van der Waals surface area contributed by atoms with Crippen molar-refractivity contribution in [3.63, 3.8) is 0 Å². The van der Waals surface area contributed by atoms with Crippen LogP contribution in [-0.2, 0) is 6.54 Å². The van der Waals surface area contributed by atoms with Crippen LogP contribution in [-0.4, -0.2) is 35.9 Å². The Morgan fingerprint density at radius 2 is 1.75 bits per heavy atom. The molecule has 162 valence electrons. The van der Waals surface area contributed by atoms with Crippen LogP contribution >= 0.6 is 0 Å². The molecule has 0 fully saturated rings. The van der Waals surface area contributed by atoms with Crippen LogP contribution in [0.3, 0.4) is 0 Å². The molecule has 4 rings (SSSR count). The van der Waals surface area contributed by atoms with E-state index < -0.39 is 0 Å². The summed E-state index contributed by atoms with van der Waals surface area (Å²) in [6.07, 6.45) is 0. The van der Waals surface area contributed by atoms with Crippen molar-refractivity contribution >= 4 is 16.8 Å². The number of nitrogens with one attached hydrogen (secondary N) is 1. The van der Waals surface area contributed by atoms with Crippen LogP contribution < -0.4 is 5.32 Å². The maximum absolute atomic E-state index is 13.4. The first-order valence-electron chi connectivity index (χ1n) is 10.7. The SMILES string of the molecule is Cc1cc(C(=O)NCCN(C)Cc2ccccc2)c2cccc(-c3ccc(F)cc3)c2n1. The average Bonchev–Trinajstić information content (AvgIpc) is 2.79. The maximum atomic E-state index is 13.4. The Morgan fingerprint density at radius 1 is 1.00 bits per heavy atom. The molecule has 0 unspecified atom stereocenters. The van der Waals surface area contributed by atoms with Crippen LogP contribution in [0, 0.1) is 12.7 Å². The van der Waals surface area contributed by atoms with Crippen LogP contribution in [0.5, 0.6) is 0 Å². The third kappa shape index (κ3) is 5.01. The zero-order chi connectivity index (χ0) is 22.5. The minimum atomic E-state index is -0.282. The Kier molecular flexibility index (Phi) is 6.57. The predicted octanol–water partition coefficient (Wildman–Crippen LogP) is 5.21. The number of likely N-dealkylation sites (N-methyl/N-ethyl adjacent to an activating group) is 1. The van der Waals surface area contributed by atoms with Gasteiger partial charge < -0.3 is 10.2 Å². The van der Waals surface area contributed by atoms with Crippen molar-refractivity contribution in [1.82, 2.24) is 15.2 Å². The lowest BCUT2D eigenvalue weighted by molar-refractivity contribution is 0.0951. The van der Waals surface area contributed by atoms with E-state index in [9.17, 15) is 9.18 Å². The van der Waals surface area contributed by atoms with Gasteiger partial charge in [0.15, 0.2) is 0 Å². The minimum absolute atomic E-state index is 0.120. The van der Waals surface area contributed by atoms with Gasteiger partial charge in [0.05, 0.1) is 11.1 Å². The molecule has 4 nitrogen and oxygen atoms in total. The largest absolute Gasteiger partial charge is 0.351 e. The van der Waals surface area contributed by atoms with Gasteiger partial charge in [-0.15, -0.1) is 0 Å². The second-order valence-electron chi connectivity index (χ2n) is 8.00. The highest BCUT2D eigenvalue weighted by Gasteiger charge is 2.15. The van der Waals surface area contributed by atoms with Crippen molar-refractivity contribution in [2.45, 2.75) is 13.5 Å². The van der Waals surface area contributed by atoms with Gasteiger partial charge in [-0.2, -0.15) is 0 Å². The number of para-hydroxylation sites is 1. The van der Waals surface area contributed by atoms with Gasteiger partial charge in [-0.05, 0) is 43.3 Å². The summed E-state index contributed by atoms with van der Waals surface area (Å²) < 4.78 is 13.4. The molecule has 0 radical (unpaired) electrons. The molecule has 0 aliphatic carbocycles. The second-order valence-corrected chi connectivity index (χ2v) is 8.00. The number of hydrogen-bond donors (Lipinski definition) is 1. The number of aromatic nitrogens is 1. The first-order chi connectivity index (χ1) is 15.5. The van der Waals surface area contributed by atoms with Gasteiger partial charge in [0.25, 0.3) is 5.91 Å². The molecule has 5 heteroatoms. The van der Waals surface area contributed by atoms with E-state index in [0.717, 1.165) is 40.8 Å². The number of carbonyl (C=O) groups is 1. The van der Waals surface area contributed by atoms with E-state index >= 15 is 0 Å². The van der Waals surface area contributed by atoms with E-state index in [2.05, 4.69) is 22.3 Å². The summed E-state index contributed by atoms with van der Waals surface area (Å²) in [7, 11) is 2.04. The Labute approximate surface area is 187 Å². The minimum Gasteiger partial charge on any atom is -0.351 e. The Bertz CT molecular complexity index is 1220. The first kappa shape index (κ1) is 21.7. The molecule has 0 spiro atoms. The maximum Gasteiger partial charge on any atom is 0.252 e. The fraction of sp³-hybridized carbons (Fsp3) is 0.185. The van der Waals surface area contributed by atoms with E-state index in [1.165, 1.54) is 17.7 Å². The summed E-state index contributed by atoms with van der Waals surface area (Å²) in [5.41, 5.74) is 5.09. The van der Waals surface area contributed by atoms with Gasteiger partial charge in [-0.1, -0.05) is 60.7 Å². The van der Waals surface area contributed by atoms with Gasteiger partial charge in [-0.3, -0.25) is 9.78 Å². The molecule has 0 saturated heterocycles. The third-order valence-corrected chi connectivity index (χ3v) is 5.44. The normalized spacial score (nSPS) is 11.1. The highest BCUT2D eigenvalue weighted by Crippen LogP contribution is 2.29. The number of halogens is 1. The van der Waals surface area contributed by atoms with Crippen molar-refractivity contribution in [3.05, 3.63) is 102 Å². The van der Waals surface area contributed by atoms with E-state index in [-0.39, 0.29) is 11.7 Å². The highest BCUT2D eigenvalue weighted by molar-refractivity contribution is 6.09. The van der Waals surface area contributed by atoms with Crippen LogP contribution in [0.15, 0.2) is 78.9 Å². The van der Waals surface area contributed by atoms with Crippen molar-refractivity contribution in [1.29, 1.82) is 0 Å². The van der Waals surface area contributed by atoms with E-state index in [4.69, 9.17) is 4.98 Å². The molecule has 0 bridgehead atoms. The average molecular weight is 428 g/mol. The fourth-order valence-corrected chi connectivity index (χ4v) is 3.86. The van der Waals surface area contributed by atoms with Crippen LogP contribution in [0.2, 0.25) is 0 Å². The van der Waals surface area contributed by atoms with Gasteiger partial charge >= 0.3 is 0 Å². The number of amides is 1. The highest BCUT2D eigenvalue weighted by atomic mass is 19.1. The zero-order valence-corrected chi connectivity index (χ0v) is 18.3. The Balaban J connectivity index is 1.51. The molecule has 0 saturated carbocycles. The Hall–Kier alpha value is -3.57. The number of fused-ring (bicyclic) bond motifs is 1. The fourth-order valence-electron chi connectivity index (χ4n) is 3.86. The van der Waals surface area contributed by atoms with Crippen LogP contribution in [0.4, 0.5) is 4.39 Å². The molecule has 4 aromatic rings. The van der Waals surface area contributed by atoms with E-state index in [1.54, 1.807) is 12.1 Å². The number of rotatable bonds is 7. The third-order valence-electron chi connectivity index (χ3n) is 5.44.